The molecule has 0 aliphatic heterocycles. The van der Waals surface area contributed by atoms with E-state index in [4.69, 9.17) is 16.6 Å². The molecule has 0 aliphatic rings. The van der Waals surface area contributed by atoms with E-state index in [1.165, 1.54) is 21.0 Å². The van der Waals surface area contributed by atoms with Crippen molar-refractivity contribution < 1.29 is 12.8 Å². The Kier molecular flexibility index (Phi) is 6.58. The first kappa shape index (κ1) is 24.1. The van der Waals surface area contributed by atoms with Gasteiger partial charge in [-0.2, -0.15) is 4.31 Å². The van der Waals surface area contributed by atoms with Crippen LogP contribution in [0.5, 0.6) is 0 Å². The van der Waals surface area contributed by atoms with Crippen LogP contribution in [-0.4, -0.2) is 28.8 Å². The highest BCUT2D eigenvalue weighted by atomic mass is 35.5. The molecular formula is C25H23ClFN3O3S. The van der Waals surface area contributed by atoms with Crippen molar-refractivity contribution in [3.63, 3.8) is 0 Å². The van der Waals surface area contributed by atoms with E-state index >= 15 is 0 Å². The van der Waals surface area contributed by atoms with Crippen molar-refractivity contribution >= 4 is 32.5 Å². The Bertz CT molecular complexity index is 1540. The summed E-state index contributed by atoms with van der Waals surface area (Å²) in [5, 5.41) is 0.934. The molecule has 0 saturated carbocycles. The Hall–Kier alpha value is -3.07. The van der Waals surface area contributed by atoms with Crippen LogP contribution in [0.25, 0.3) is 16.6 Å². The number of sulfonamides is 1. The van der Waals surface area contributed by atoms with Gasteiger partial charge in [0.2, 0.25) is 10.0 Å². The number of benzene rings is 3. The second-order valence-corrected chi connectivity index (χ2v) is 10.2. The van der Waals surface area contributed by atoms with Gasteiger partial charge in [0.05, 0.1) is 27.5 Å². The number of hydrogen-bond donors (Lipinski definition) is 0. The summed E-state index contributed by atoms with van der Waals surface area (Å²) < 4.78 is 43.0. The summed E-state index contributed by atoms with van der Waals surface area (Å²) in [4.78, 5) is 18.3. The van der Waals surface area contributed by atoms with Crippen molar-refractivity contribution in [2.75, 3.05) is 6.54 Å². The Morgan fingerprint density at radius 1 is 1.09 bits per heavy atom. The Morgan fingerprint density at radius 3 is 2.41 bits per heavy atom. The van der Waals surface area contributed by atoms with Gasteiger partial charge < -0.3 is 0 Å². The maximum Gasteiger partial charge on any atom is 0.266 e. The van der Waals surface area contributed by atoms with Crippen LogP contribution in [0.15, 0.2) is 76.4 Å². The van der Waals surface area contributed by atoms with E-state index in [1.54, 1.807) is 56.3 Å². The molecule has 9 heteroatoms. The highest BCUT2D eigenvalue weighted by Gasteiger charge is 2.32. The van der Waals surface area contributed by atoms with E-state index in [1.807, 2.05) is 6.92 Å². The lowest BCUT2D eigenvalue weighted by molar-refractivity contribution is 0.340. The first-order valence-electron chi connectivity index (χ1n) is 10.7. The number of hydrogen-bond acceptors (Lipinski definition) is 4. The van der Waals surface area contributed by atoms with Crippen LogP contribution in [0.3, 0.4) is 0 Å². The van der Waals surface area contributed by atoms with Crippen molar-refractivity contribution in [1.82, 2.24) is 13.9 Å². The topological polar surface area (TPSA) is 72.3 Å². The minimum Gasteiger partial charge on any atom is -0.268 e. The SMILES string of the molecule is CCN(C(C)c1nc2ccccc2c(=O)n1-c1ccc(Cl)cc1C)S(=O)(=O)c1ccc(F)cc1. The van der Waals surface area contributed by atoms with E-state index < -0.39 is 21.9 Å². The van der Waals surface area contributed by atoms with Gasteiger partial charge in [0.1, 0.15) is 11.6 Å². The van der Waals surface area contributed by atoms with E-state index in [9.17, 15) is 17.6 Å². The largest absolute Gasteiger partial charge is 0.268 e. The molecule has 0 spiro atoms. The summed E-state index contributed by atoms with van der Waals surface area (Å²) in [6.07, 6.45) is 0. The van der Waals surface area contributed by atoms with E-state index in [-0.39, 0.29) is 22.8 Å². The highest BCUT2D eigenvalue weighted by Crippen LogP contribution is 2.29. The molecule has 3 aromatic carbocycles. The molecule has 34 heavy (non-hydrogen) atoms. The molecule has 1 unspecified atom stereocenters. The maximum absolute atomic E-state index is 13.6. The molecule has 1 aromatic heterocycles. The van der Waals surface area contributed by atoms with Crippen LogP contribution in [0.4, 0.5) is 4.39 Å². The number of fused-ring (bicyclic) bond motifs is 1. The molecule has 1 atom stereocenters. The summed E-state index contributed by atoms with van der Waals surface area (Å²) in [7, 11) is -4.01. The number of para-hydroxylation sites is 1. The molecule has 0 bridgehead atoms. The fraction of sp³-hybridized carbons (Fsp3) is 0.200. The van der Waals surface area contributed by atoms with Gasteiger partial charge in [0.15, 0.2) is 0 Å². The molecule has 4 rings (SSSR count). The summed E-state index contributed by atoms with van der Waals surface area (Å²) in [5.41, 5.74) is 1.45. The molecule has 0 N–H and O–H groups in total. The van der Waals surface area contributed by atoms with Gasteiger partial charge in [0.25, 0.3) is 5.56 Å². The standard InChI is InChI=1S/C25H23ClFN3O3S/c1-4-29(34(32,33)20-12-10-19(27)11-13-20)17(3)24-28-22-8-6-5-7-21(22)25(31)30(24)23-14-9-18(26)15-16(23)2/h5-15,17H,4H2,1-3H3. The van der Waals surface area contributed by atoms with Gasteiger partial charge >= 0.3 is 0 Å². The predicted octanol–water partition coefficient (Wildman–Crippen LogP) is 5.26. The number of aryl methyl sites for hydroxylation is 1. The first-order valence-corrected chi connectivity index (χ1v) is 12.5. The molecule has 1 heterocycles. The fourth-order valence-electron chi connectivity index (χ4n) is 4.06. The molecule has 0 amide bonds. The van der Waals surface area contributed by atoms with Gasteiger partial charge in [-0.1, -0.05) is 30.7 Å². The first-order chi connectivity index (χ1) is 16.1. The zero-order chi connectivity index (χ0) is 24.6. The summed E-state index contributed by atoms with van der Waals surface area (Å²) >= 11 is 6.14. The fourth-order valence-corrected chi connectivity index (χ4v) is 5.88. The van der Waals surface area contributed by atoms with Gasteiger partial charge in [-0.15, -0.1) is 0 Å². The molecule has 0 aliphatic carbocycles. The quantitative estimate of drug-likeness (QED) is 0.363. The van der Waals surface area contributed by atoms with Gasteiger partial charge in [-0.3, -0.25) is 9.36 Å². The molecular weight excluding hydrogens is 477 g/mol. The normalized spacial score (nSPS) is 12.9. The van der Waals surface area contributed by atoms with Gasteiger partial charge in [-0.05, 0) is 74.0 Å². The zero-order valence-corrected chi connectivity index (χ0v) is 20.4. The molecule has 6 nitrogen and oxygen atoms in total. The second kappa shape index (κ2) is 9.29. The highest BCUT2D eigenvalue weighted by molar-refractivity contribution is 7.89. The molecule has 0 fully saturated rings. The van der Waals surface area contributed by atoms with E-state index in [0.717, 1.165) is 17.7 Å². The summed E-state index contributed by atoms with van der Waals surface area (Å²) in [6.45, 7) is 5.32. The molecule has 4 aromatic rings. The second-order valence-electron chi connectivity index (χ2n) is 7.90. The minimum atomic E-state index is -4.01. The van der Waals surface area contributed by atoms with Crippen LogP contribution < -0.4 is 5.56 Å². The van der Waals surface area contributed by atoms with Crippen molar-refractivity contribution in [2.45, 2.75) is 31.7 Å². The maximum atomic E-state index is 13.6. The minimum absolute atomic E-state index is 0.0417. The van der Waals surface area contributed by atoms with Gasteiger partial charge in [0, 0.05) is 11.6 Å². The smallest absolute Gasteiger partial charge is 0.266 e. The zero-order valence-electron chi connectivity index (χ0n) is 18.9. The van der Waals surface area contributed by atoms with Crippen LogP contribution in [0.1, 0.15) is 31.3 Å². The lowest BCUT2D eigenvalue weighted by Crippen LogP contribution is -2.37. The molecule has 176 valence electrons. The Labute approximate surface area is 202 Å². The summed E-state index contributed by atoms with van der Waals surface area (Å²) in [5.74, 6) is -0.264. The van der Waals surface area contributed by atoms with Crippen molar-refractivity contribution in [1.29, 1.82) is 0 Å². The number of halogens is 2. The third-order valence-corrected chi connectivity index (χ3v) is 8.03. The number of aromatic nitrogens is 2. The van der Waals surface area contributed by atoms with Crippen LogP contribution in [-0.2, 0) is 10.0 Å². The monoisotopic (exact) mass is 499 g/mol. The van der Waals surface area contributed by atoms with Crippen molar-refractivity contribution in [3.8, 4) is 5.69 Å². The van der Waals surface area contributed by atoms with Crippen LogP contribution >= 0.6 is 11.6 Å². The van der Waals surface area contributed by atoms with Gasteiger partial charge in [-0.25, -0.2) is 17.8 Å². The van der Waals surface area contributed by atoms with E-state index in [0.29, 0.717) is 21.6 Å². The molecule has 0 saturated heterocycles. The van der Waals surface area contributed by atoms with E-state index in [2.05, 4.69) is 0 Å². The average molecular weight is 500 g/mol. The molecule has 0 radical (unpaired) electrons. The van der Waals surface area contributed by atoms with Crippen LogP contribution in [0.2, 0.25) is 5.02 Å². The van der Waals surface area contributed by atoms with Crippen molar-refractivity contribution in [2.24, 2.45) is 0 Å². The van der Waals surface area contributed by atoms with Crippen LogP contribution in [0, 0.1) is 12.7 Å². The lowest BCUT2D eigenvalue weighted by Gasteiger charge is -2.29. The third-order valence-electron chi connectivity index (χ3n) is 5.74. The van der Waals surface area contributed by atoms with Crippen molar-refractivity contribution in [3.05, 3.63) is 99.3 Å². The average Bonchev–Trinajstić information content (AvgIpc) is 2.80. The predicted molar refractivity (Wildman–Crippen MR) is 131 cm³/mol. The third kappa shape index (κ3) is 4.24. The number of nitrogens with zero attached hydrogens (tertiary/aromatic N) is 3. The summed E-state index contributed by atoms with van der Waals surface area (Å²) in [6, 6.07) is 15.9. The Balaban J connectivity index is 1.97. The lowest BCUT2D eigenvalue weighted by atomic mass is 10.1. The number of rotatable bonds is 6. The Morgan fingerprint density at radius 2 is 1.76 bits per heavy atom.